The number of nitrogens with two attached hydrogens (primary N) is 1. The summed E-state index contributed by atoms with van der Waals surface area (Å²) in [6.07, 6.45) is 8.06. The van der Waals surface area contributed by atoms with E-state index in [0.29, 0.717) is 11.3 Å². The Morgan fingerprint density at radius 3 is 2.12 bits per heavy atom. The number of nitrogens with zero attached hydrogens (tertiary/aromatic N) is 3. The van der Waals surface area contributed by atoms with Gasteiger partial charge in [-0.15, -0.1) is 0 Å². The fourth-order valence-corrected chi connectivity index (χ4v) is 3.42. The Hall–Kier alpha value is -4.15. The zero-order chi connectivity index (χ0) is 32.0. The van der Waals surface area contributed by atoms with Crippen LogP contribution in [-0.2, 0) is 4.79 Å². The second-order valence-corrected chi connectivity index (χ2v) is 9.30. The molecule has 0 fully saturated rings. The molecule has 0 saturated carbocycles. The Kier molecular flexibility index (Phi) is 15.0. The van der Waals surface area contributed by atoms with Crippen LogP contribution < -0.4 is 10.5 Å². The van der Waals surface area contributed by atoms with Gasteiger partial charge in [-0.1, -0.05) is 53.0 Å². The van der Waals surface area contributed by atoms with Crippen LogP contribution in [-0.4, -0.2) is 28.5 Å². The van der Waals surface area contributed by atoms with Crippen LogP contribution in [0.25, 0.3) is 0 Å². The molecule has 0 aliphatic carbocycles. The molecule has 1 atom stereocenters. The summed E-state index contributed by atoms with van der Waals surface area (Å²) in [5, 5.41) is 0. The molecule has 0 aliphatic rings. The van der Waals surface area contributed by atoms with E-state index >= 15 is 0 Å². The number of aromatic nitrogens is 2. The standard InChI is InChI=1S/C19H13F5N4O.C8H18.C4H6O/c1-8-14(19(25)28-7-27-8)17(26-2)10-4-3-9(5-11(10)20)29-18-15(23)12(21)6-13(22)16(18)24;1-4-6-7-8(3)5-2;1-3-4(2)5/h3-7H,1-2H3,(H2,25,27,28);8H,4-7H2,1-3H3;3H,1H2,2H3. The largest absolute Gasteiger partial charge is 0.451 e. The van der Waals surface area contributed by atoms with Gasteiger partial charge in [0, 0.05) is 24.7 Å². The maximum Gasteiger partial charge on any atom is 0.204 e. The number of carbonyl (C=O) groups is 1. The lowest BCUT2D eigenvalue weighted by Crippen LogP contribution is -2.13. The highest BCUT2D eigenvalue weighted by atomic mass is 19.2. The fraction of sp³-hybridized carbons (Fsp3) is 0.355. The first-order valence-corrected chi connectivity index (χ1v) is 13.3. The summed E-state index contributed by atoms with van der Waals surface area (Å²) in [7, 11) is 1.41. The first-order valence-electron chi connectivity index (χ1n) is 13.3. The van der Waals surface area contributed by atoms with Crippen molar-refractivity contribution < 1.29 is 31.5 Å². The van der Waals surface area contributed by atoms with Crippen molar-refractivity contribution in [1.29, 1.82) is 0 Å². The fourth-order valence-electron chi connectivity index (χ4n) is 3.42. The zero-order valence-electron chi connectivity index (χ0n) is 24.7. The number of nitrogen functional groups attached to an aromatic ring is 1. The van der Waals surface area contributed by atoms with Crippen molar-refractivity contribution in [2.75, 3.05) is 12.8 Å². The van der Waals surface area contributed by atoms with E-state index in [0.717, 1.165) is 18.1 Å². The van der Waals surface area contributed by atoms with Gasteiger partial charge < -0.3 is 10.5 Å². The molecule has 1 heterocycles. The van der Waals surface area contributed by atoms with Crippen molar-refractivity contribution in [1.82, 2.24) is 9.97 Å². The van der Waals surface area contributed by atoms with Crippen molar-refractivity contribution in [2.24, 2.45) is 10.9 Å². The predicted octanol–water partition coefficient (Wildman–Crippen LogP) is 8.31. The van der Waals surface area contributed by atoms with Crippen LogP contribution in [0.1, 0.15) is 70.2 Å². The SMILES string of the molecule is C=CC(C)=O.CCCCC(C)CC.CN=C(c1ccc(Oc2c(F)c(F)cc(F)c2F)cc1F)c1c(C)ncnc1N. The van der Waals surface area contributed by atoms with Crippen molar-refractivity contribution >= 4 is 17.3 Å². The van der Waals surface area contributed by atoms with Gasteiger partial charge in [-0.05, 0) is 38.0 Å². The van der Waals surface area contributed by atoms with Gasteiger partial charge in [0.15, 0.2) is 17.4 Å². The normalized spacial score (nSPS) is 11.5. The van der Waals surface area contributed by atoms with Gasteiger partial charge in [-0.3, -0.25) is 9.79 Å². The lowest BCUT2D eigenvalue weighted by atomic mass is 10.0. The summed E-state index contributed by atoms with van der Waals surface area (Å²) < 4.78 is 73.7. The van der Waals surface area contributed by atoms with E-state index in [1.807, 2.05) is 0 Å². The summed E-state index contributed by atoms with van der Waals surface area (Å²) in [5.74, 6) is -8.32. The van der Waals surface area contributed by atoms with Crippen molar-refractivity contribution in [2.45, 2.75) is 60.3 Å². The molecule has 0 spiro atoms. The molecule has 1 aromatic heterocycles. The van der Waals surface area contributed by atoms with Crippen molar-refractivity contribution in [3.63, 3.8) is 0 Å². The maximum atomic E-state index is 14.7. The van der Waals surface area contributed by atoms with Crippen LogP contribution in [0.4, 0.5) is 27.8 Å². The van der Waals surface area contributed by atoms with Gasteiger partial charge in [0.2, 0.25) is 17.4 Å². The van der Waals surface area contributed by atoms with Gasteiger partial charge in [0.25, 0.3) is 0 Å². The lowest BCUT2D eigenvalue weighted by molar-refractivity contribution is -0.112. The molecule has 42 heavy (non-hydrogen) atoms. The Balaban J connectivity index is 0.000000567. The lowest BCUT2D eigenvalue weighted by Gasteiger charge is -2.13. The molecule has 2 N–H and O–H groups in total. The number of halogens is 5. The van der Waals surface area contributed by atoms with Crippen LogP contribution in [0.15, 0.2) is 48.2 Å². The molecule has 0 saturated heterocycles. The molecule has 0 radical (unpaired) electrons. The minimum Gasteiger partial charge on any atom is -0.451 e. The van der Waals surface area contributed by atoms with E-state index in [2.05, 4.69) is 42.3 Å². The second kappa shape index (κ2) is 17.6. The van der Waals surface area contributed by atoms with Gasteiger partial charge in [0.1, 0.15) is 23.7 Å². The van der Waals surface area contributed by atoms with Crippen LogP contribution in [0, 0.1) is 41.9 Å². The zero-order valence-corrected chi connectivity index (χ0v) is 24.7. The molecule has 1 unspecified atom stereocenters. The number of unbranched alkanes of at least 4 members (excludes halogenated alkanes) is 1. The van der Waals surface area contributed by atoms with E-state index in [-0.39, 0.29) is 28.9 Å². The Morgan fingerprint density at radius 2 is 1.67 bits per heavy atom. The van der Waals surface area contributed by atoms with Crippen LogP contribution in [0.2, 0.25) is 0 Å². The summed E-state index contributed by atoms with van der Waals surface area (Å²) in [5.41, 5.74) is 6.73. The van der Waals surface area contributed by atoms with Gasteiger partial charge in [0.05, 0.1) is 17.0 Å². The minimum atomic E-state index is -1.74. The van der Waals surface area contributed by atoms with E-state index in [9.17, 15) is 26.7 Å². The molecule has 228 valence electrons. The highest BCUT2D eigenvalue weighted by Crippen LogP contribution is 2.32. The van der Waals surface area contributed by atoms with Crippen LogP contribution in [0.3, 0.4) is 0 Å². The van der Waals surface area contributed by atoms with Crippen molar-refractivity contribution in [3.05, 3.63) is 89.2 Å². The number of hydrogen-bond acceptors (Lipinski definition) is 6. The smallest absolute Gasteiger partial charge is 0.204 e. The monoisotopic (exact) mass is 592 g/mol. The van der Waals surface area contributed by atoms with E-state index < -0.39 is 40.6 Å². The predicted molar refractivity (Wildman–Crippen MR) is 155 cm³/mol. The average molecular weight is 593 g/mol. The molecule has 3 rings (SSSR count). The number of carbonyl (C=O) groups excluding carboxylic acids is 1. The highest BCUT2D eigenvalue weighted by molar-refractivity contribution is 6.16. The topological polar surface area (TPSA) is 90.5 Å². The molecule has 0 bridgehead atoms. The quantitative estimate of drug-likeness (QED) is 0.117. The molecule has 3 aromatic rings. The van der Waals surface area contributed by atoms with E-state index in [4.69, 9.17) is 10.5 Å². The number of ketones is 1. The van der Waals surface area contributed by atoms with Gasteiger partial charge >= 0.3 is 0 Å². The molecule has 2 aromatic carbocycles. The number of allylic oxidation sites excluding steroid dienone is 1. The highest BCUT2D eigenvalue weighted by Gasteiger charge is 2.23. The molecular formula is C31H37F5N4O2. The van der Waals surface area contributed by atoms with Gasteiger partial charge in [-0.25, -0.2) is 23.1 Å². The van der Waals surface area contributed by atoms with Crippen molar-refractivity contribution in [3.8, 4) is 11.5 Å². The van der Waals surface area contributed by atoms with E-state index in [1.165, 1.54) is 58.1 Å². The molecular weight excluding hydrogens is 555 g/mol. The number of aliphatic imine (C=N–C) groups is 1. The van der Waals surface area contributed by atoms with Gasteiger partial charge in [-0.2, -0.15) is 8.78 Å². The first-order chi connectivity index (χ1) is 19.8. The molecule has 0 aliphatic heterocycles. The van der Waals surface area contributed by atoms with E-state index in [1.54, 1.807) is 6.92 Å². The summed E-state index contributed by atoms with van der Waals surface area (Å²) in [6, 6.07) is 3.20. The number of rotatable bonds is 9. The number of benzene rings is 2. The third kappa shape index (κ3) is 10.4. The first kappa shape index (κ1) is 35.9. The second-order valence-electron chi connectivity index (χ2n) is 9.30. The Morgan fingerprint density at radius 1 is 1.07 bits per heavy atom. The number of aryl methyl sites for hydroxylation is 1. The third-order valence-electron chi connectivity index (χ3n) is 6.05. The number of anilines is 1. The molecule has 6 nitrogen and oxygen atoms in total. The Labute approximate surface area is 243 Å². The van der Waals surface area contributed by atoms with Crippen LogP contribution in [0.5, 0.6) is 11.5 Å². The summed E-state index contributed by atoms with van der Waals surface area (Å²) in [4.78, 5) is 21.6. The average Bonchev–Trinajstić information content (AvgIpc) is 2.96. The Bertz CT molecular complexity index is 1350. The maximum absolute atomic E-state index is 14.7. The number of ether oxygens (including phenoxy) is 1. The molecule has 11 heteroatoms. The molecule has 0 amide bonds. The number of hydrogen-bond donors (Lipinski definition) is 1. The minimum absolute atomic E-state index is 0.0178. The van der Waals surface area contributed by atoms with Crippen LogP contribution >= 0.6 is 0 Å². The third-order valence-corrected chi connectivity index (χ3v) is 6.05. The summed E-state index contributed by atoms with van der Waals surface area (Å²) >= 11 is 0. The summed E-state index contributed by atoms with van der Waals surface area (Å²) in [6.45, 7) is 13.2.